The Morgan fingerprint density at radius 2 is 2.04 bits per heavy atom. The summed E-state index contributed by atoms with van der Waals surface area (Å²) in [5, 5.41) is 14.7. The summed E-state index contributed by atoms with van der Waals surface area (Å²) in [6, 6.07) is 12.0. The molecule has 3 rings (SSSR count). The highest BCUT2D eigenvalue weighted by Crippen LogP contribution is 2.16. The molecule has 1 amide bonds. The van der Waals surface area contributed by atoms with Gasteiger partial charge in [-0.05, 0) is 36.4 Å². The van der Waals surface area contributed by atoms with Crippen LogP contribution in [0.5, 0.6) is 0 Å². The molecular weight excluding hydrogens is 330 g/mol. The minimum Gasteiger partial charge on any atom is -0.382 e. The third-order valence-electron chi connectivity index (χ3n) is 3.50. The molecule has 0 aromatic carbocycles. The highest BCUT2D eigenvalue weighted by Gasteiger charge is 2.08. The first kappa shape index (κ1) is 16.9. The van der Waals surface area contributed by atoms with Gasteiger partial charge >= 0.3 is 0 Å². The largest absolute Gasteiger partial charge is 0.382 e. The first-order valence-corrected chi connectivity index (χ1v) is 7.72. The average Bonchev–Trinajstić information content (AvgIpc) is 2.68. The number of aromatic nitrogens is 3. The normalized spacial score (nSPS) is 9.96. The van der Waals surface area contributed by atoms with Crippen molar-refractivity contribution in [2.45, 2.75) is 6.54 Å². The lowest BCUT2D eigenvalue weighted by molar-refractivity contribution is 0.102. The number of nitrogens with zero attached hydrogens (tertiary/aromatic N) is 4. The Hall–Kier alpha value is -3.99. The van der Waals surface area contributed by atoms with E-state index in [1.54, 1.807) is 36.7 Å². The van der Waals surface area contributed by atoms with Gasteiger partial charge in [0.15, 0.2) is 0 Å². The lowest BCUT2D eigenvalue weighted by Gasteiger charge is -2.09. The van der Waals surface area contributed by atoms with Gasteiger partial charge < -0.3 is 16.4 Å². The topological polar surface area (TPSA) is 130 Å². The van der Waals surface area contributed by atoms with E-state index >= 15 is 0 Å². The number of nitriles is 1. The van der Waals surface area contributed by atoms with Gasteiger partial charge in [0.1, 0.15) is 17.6 Å². The fourth-order valence-electron chi connectivity index (χ4n) is 2.19. The Bertz CT molecular complexity index is 964. The van der Waals surface area contributed by atoms with Gasteiger partial charge in [-0.15, -0.1) is 0 Å². The Morgan fingerprint density at radius 1 is 1.15 bits per heavy atom. The minimum absolute atomic E-state index is 0.226. The number of amides is 1. The van der Waals surface area contributed by atoms with Crippen LogP contribution in [0.3, 0.4) is 0 Å². The molecule has 0 aliphatic heterocycles. The number of carbonyl (C=O) groups is 1. The van der Waals surface area contributed by atoms with Crippen LogP contribution in [-0.4, -0.2) is 20.9 Å². The Balaban J connectivity index is 1.66. The fourth-order valence-corrected chi connectivity index (χ4v) is 2.19. The van der Waals surface area contributed by atoms with Crippen LogP contribution in [0, 0.1) is 11.3 Å². The highest BCUT2D eigenvalue weighted by atomic mass is 16.1. The first-order chi connectivity index (χ1) is 12.7. The van der Waals surface area contributed by atoms with Gasteiger partial charge in [-0.3, -0.25) is 9.78 Å². The number of hydrogen-bond acceptors (Lipinski definition) is 7. The predicted molar refractivity (Wildman–Crippen MR) is 97.1 cm³/mol. The van der Waals surface area contributed by atoms with E-state index in [9.17, 15) is 4.79 Å². The van der Waals surface area contributed by atoms with Crippen LogP contribution in [0.2, 0.25) is 0 Å². The van der Waals surface area contributed by atoms with Crippen molar-refractivity contribution in [2.75, 3.05) is 16.4 Å². The molecule has 3 aromatic rings. The molecule has 0 saturated carbocycles. The Morgan fingerprint density at radius 3 is 2.77 bits per heavy atom. The third-order valence-corrected chi connectivity index (χ3v) is 3.50. The van der Waals surface area contributed by atoms with Gasteiger partial charge in [-0.2, -0.15) is 5.26 Å². The summed E-state index contributed by atoms with van der Waals surface area (Å²) in [7, 11) is 0. The quantitative estimate of drug-likeness (QED) is 0.646. The van der Waals surface area contributed by atoms with E-state index in [1.807, 2.05) is 12.1 Å². The fraction of sp³-hybridized carbons (Fsp3) is 0.0556. The molecule has 0 spiro atoms. The van der Waals surface area contributed by atoms with Crippen LogP contribution in [-0.2, 0) is 6.54 Å². The molecule has 0 aliphatic rings. The van der Waals surface area contributed by atoms with Crippen LogP contribution in [0.25, 0.3) is 0 Å². The number of pyridine rings is 3. The number of nitrogens with two attached hydrogens (primary N) is 1. The van der Waals surface area contributed by atoms with Gasteiger partial charge in [0.2, 0.25) is 0 Å². The Labute approximate surface area is 149 Å². The van der Waals surface area contributed by atoms with Crippen molar-refractivity contribution in [1.82, 2.24) is 15.0 Å². The van der Waals surface area contributed by atoms with Crippen molar-refractivity contribution < 1.29 is 4.79 Å². The van der Waals surface area contributed by atoms with Crippen molar-refractivity contribution in [3.8, 4) is 6.07 Å². The van der Waals surface area contributed by atoms with Gasteiger partial charge in [0, 0.05) is 24.3 Å². The maximum absolute atomic E-state index is 12.2. The standard InChI is InChI=1S/C18H15N7O/c19-9-12-3-4-16(23-10-12)18(26)25-13-5-7-21-14(8-13)11-24-15-2-1-6-22-17(15)20/h1-8,10,24H,11H2,(H2,20,22)(H,21,25,26). The van der Waals surface area contributed by atoms with Crippen LogP contribution in [0.4, 0.5) is 17.2 Å². The maximum Gasteiger partial charge on any atom is 0.274 e. The van der Waals surface area contributed by atoms with Crippen LogP contribution < -0.4 is 16.4 Å². The molecule has 0 atom stereocenters. The van der Waals surface area contributed by atoms with Crippen LogP contribution in [0.1, 0.15) is 21.7 Å². The molecule has 0 aliphatic carbocycles. The molecule has 8 heteroatoms. The SMILES string of the molecule is N#Cc1ccc(C(=O)Nc2ccnc(CNc3cccnc3N)c2)nc1. The molecule has 3 aromatic heterocycles. The molecular formula is C18H15N7O. The van der Waals surface area contributed by atoms with E-state index in [1.165, 1.54) is 12.3 Å². The third kappa shape index (κ3) is 4.10. The second-order valence-corrected chi connectivity index (χ2v) is 5.32. The summed E-state index contributed by atoms with van der Waals surface area (Å²) in [4.78, 5) is 24.5. The zero-order chi connectivity index (χ0) is 18.4. The number of hydrogen-bond donors (Lipinski definition) is 3. The zero-order valence-corrected chi connectivity index (χ0v) is 13.7. The number of anilines is 3. The second kappa shape index (κ2) is 7.72. The first-order valence-electron chi connectivity index (χ1n) is 7.72. The summed E-state index contributed by atoms with van der Waals surface area (Å²) >= 11 is 0. The minimum atomic E-state index is -0.365. The second-order valence-electron chi connectivity index (χ2n) is 5.32. The lowest BCUT2D eigenvalue weighted by atomic mass is 10.2. The molecule has 128 valence electrons. The smallest absolute Gasteiger partial charge is 0.274 e. The molecule has 8 nitrogen and oxygen atoms in total. The summed E-state index contributed by atoms with van der Waals surface area (Å²) in [6.07, 6.45) is 4.58. The molecule has 26 heavy (non-hydrogen) atoms. The summed E-state index contributed by atoms with van der Waals surface area (Å²) < 4.78 is 0. The van der Waals surface area contributed by atoms with Gasteiger partial charge in [-0.25, -0.2) is 9.97 Å². The van der Waals surface area contributed by atoms with E-state index in [4.69, 9.17) is 11.0 Å². The monoisotopic (exact) mass is 345 g/mol. The number of nitrogen functional groups attached to an aromatic ring is 1. The zero-order valence-electron chi connectivity index (χ0n) is 13.7. The average molecular weight is 345 g/mol. The van der Waals surface area contributed by atoms with E-state index < -0.39 is 0 Å². The maximum atomic E-state index is 12.2. The lowest BCUT2D eigenvalue weighted by Crippen LogP contribution is -2.14. The van der Waals surface area contributed by atoms with Gasteiger partial charge in [0.05, 0.1) is 23.5 Å². The van der Waals surface area contributed by atoms with E-state index in [2.05, 4.69) is 25.6 Å². The molecule has 4 N–H and O–H groups in total. The van der Waals surface area contributed by atoms with E-state index in [0.717, 1.165) is 5.69 Å². The van der Waals surface area contributed by atoms with Crippen molar-refractivity contribution in [3.63, 3.8) is 0 Å². The predicted octanol–water partition coefficient (Wildman–Crippen LogP) is 2.19. The molecule has 0 unspecified atom stereocenters. The summed E-state index contributed by atoms with van der Waals surface area (Å²) in [6.45, 7) is 0.425. The highest BCUT2D eigenvalue weighted by molar-refractivity contribution is 6.02. The Kier molecular flexibility index (Phi) is 5.00. The van der Waals surface area contributed by atoms with E-state index in [-0.39, 0.29) is 11.6 Å². The van der Waals surface area contributed by atoms with Crippen molar-refractivity contribution in [2.24, 2.45) is 0 Å². The van der Waals surface area contributed by atoms with Gasteiger partial charge in [0.25, 0.3) is 5.91 Å². The molecule has 0 radical (unpaired) electrons. The van der Waals surface area contributed by atoms with Crippen molar-refractivity contribution in [3.05, 3.63) is 71.9 Å². The van der Waals surface area contributed by atoms with Crippen molar-refractivity contribution in [1.29, 1.82) is 5.26 Å². The number of rotatable bonds is 5. The molecule has 0 saturated heterocycles. The van der Waals surface area contributed by atoms with E-state index in [0.29, 0.717) is 29.3 Å². The van der Waals surface area contributed by atoms with Crippen LogP contribution >= 0.6 is 0 Å². The molecule has 0 fully saturated rings. The number of carbonyl (C=O) groups excluding carboxylic acids is 1. The molecule has 3 heterocycles. The van der Waals surface area contributed by atoms with Crippen molar-refractivity contribution >= 4 is 23.1 Å². The van der Waals surface area contributed by atoms with Gasteiger partial charge in [-0.1, -0.05) is 0 Å². The van der Waals surface area contributed by atoms with Crippen LogP contribution in [0.15, 0.2) is 55.0 Å². The summed E-state index contributed by atoms with van der Waals surface area (Å²) in [5.74, 6) is 0.0416. The summed E-state index contributed by atoms with van der Waals surface area (Å²) in [5.41, 5.74) is 8.43. The molecule has 0 bridgehead atoms. The number of nitrogens with one attached hydrogen (secondary N) is 2.